The number of thiazole rings is 1. The third-order valence-corrected chi connectivity index (χ3v) is 8.36. The van der Waals surface area contributed by atoms with E-state index in [1.807, 2.05) is 28.5 Å². The summed E-state index contributed by atoms with van der Waals surface area (Å²) in [7, 11) is 0. The summed E-state index contributed by atoms with van der Waals surface area (Å²) in [6.07, 6.45) is -1.57. The number of anilines is 2. The second kappa shape index (κ2) is 12.2. The van der Waals surface area contributed by atoms with Gasteiger partial charge in [0.2, 0.25) is 5.91 Å². The first-order chi connectivity index (χ1) is 19.7. The first-order valence-electron chi connectivity index (χ1n) is 12.7. The summed E-state index contributed by atoms with van der Waals surface area (Å²) in [6.45, 7) is 2.97. The van der Waals surface area contributed by atoms with Crippen LogP contribution in [0.25, 0.3) is 0 Å². The van der Waals surface area contributed by atoms with Gasteiger partial charge in [0.1, 0.15) is 5.75 Å². The predicted octanol–water partition coefficient (Wildman–Crippen LogP) is 7.84. The maximum Gasteiger partial charge on any atom is 0.418 e. The van der Waals surface area contributed by atoms with Crippen LogP contribution >= 0.6 is 23.1 Å². The maximum atomic E-state index is 13.8. The van der Waals surface area contributed by atoms with Crippen molar-refractivity contribution in [3.8, 4) is 17.6 Å². The van der Waals surface area contributed by atoms with Gasteiger partial charge in [0, 0.05) is 53.4 Å². The zero-order valence-electron chi connectivity index (χ0n) is 21.8. The molecule has 1 aliphatic rings. The number of pyridine rings is 1. The highest BCUT2D eigenvalue weighted by Crippen LogP contribution is 2.43. The Labute approximate surface area is 243 Å². The molecule has 1 aliphatic heterocycles. The molecule has 5 rings (SSSR count). The molecule has 3 heterocycles. The summed E-state index contributed by atoms with van der Waals surface area (Å²) in [5.74, 6) is 1.51. The minimum absolute atomic E-state index is 0.0788. The number of aromatic nitrogens is 2. The lowest BCUT2D eigenvalue weighted by Gasteiger charge is -2.30. The lowest BCUT2D eigenvalue weighted by Crippen LogP contribution is -2.36. The van der Waals surface area contributed by atoms with Crippen LogP contribution in [-0.4, -0.2) is 33.9 Å². The molecule has 12 heteroatoms. The van der Waals surface area contributed by atoms with Crippen molar-refractivity contribution in [1.29, 1.82) is 5.26 Å². The Bertz CT molecular complexity index is 1580. The monoisotopic (exact) mass is 595 g/mol. The molecule has 2 aromatic carbocycles. The fourth-order valence-electron chi connectivity index (χ4n) is 4.52. The Morgan fingerprint density at radius 1 is 1.17 bits per heavy atom. The molecule has 1 saturated heterocycles. The van der Waals surface area contributed by atoms with Crippen LogP contribution in [0.5, 0.6) is 11.5 Å². The van der Waals surface area contributed by atoms with Crippen molar-refractivity contribution in [2.75, 3.05) is 18.4 Å². The molecule has 0 radical (unpaired) electrons. The largest absolute Gasteiger partial charge is 0.453 e. The van der Waals surface area contributed by atoms with Crippen LogP contribution in [0.15, 0.2) is 76.0 Å². The summed E-state index contributed by atoms with van der Waals surface area (Å²) in [5, 5.41) is 15.0. The van der Waals surface area contributed by atoms with E-state index in [4.69, 9.17) is 9.72 Å². The molecule has 0 spiro atoms. The number of piperidine rings is 1. The van der Waals surface area contributed by atoms with Gasteiger partial charge in [-0.15, -0.1) is 11.3 Å². The third-order valence-electron chi connectivity index (χ3n) is 6.56. The molecule has 1 N–H and O–H groups in total. The summed E-state index contributed by atoms with van der Waals surface area (Å²) >= 11 is 2.27. The Balaban J connectivity index is 1.41. The van der Waals surface area contributed by atoms with Crippen LogP contribution in [0.3, 0.4) is 0 Å². The van der Waals surface area contributed by atoms with Crippen molar-refractivity contribution in [3.05, 3.63) is 83.0 Å². The van der Waals surface area contributed by atoms with Crippen LogP contribution in [-0.2, 0) is 11.0 Å². The number of alkyl halides is 3. The SMILES string of the molecule is CC(=O)N1CCC(c2csc(Nc3ncc(Sc4cccc(C#N)c4C(F)(F)F)cc3Oc3ccccc3)n2)CC1. The second-order valence-corrected chi connectivity index (χ2v) is 11.3. The fourth-order valence-corrected chi connectivity index (χ4v) is 6.31. The number of benzene rings is 2. The highest BCUT2D eigenvalue weighted by molar-refractivity contribution is 7.99. The number of para-hydroxylation sites is 1. The van der Waals surface area contributed by atoms with Crippen LogP contribution in [0.1, 0.15) is 42.5 Å². The van der Waals surface area contributed by atoms with Gasteiger partial charge >= 0.3 is 6.18 Å². The van der Waals surface area contributed by atoms with Gasteiger partial charge in [-0.1, -0.05) is 36.0 Å². The van der Waals surface area contributed by atoms with Crippen molar-refractivity contribution < 1.29 is 22.7 Å². The fraction of sp³-hybridized carbons (Fsp3) is 0.241. The summed E-state index contributed by atoms with van der Waals surface area (Å²) in [4.78, 5) is 23.0. The number of hydrogen-bond acceptors (Lipinski definition) is 8. The Hall–Kier alpha value is -4.08. The van der Waals surface area contributed by atoms with Gasteiger partial charge < -0.3 is 15.0 Å². The Morgan fingerprint density at radius 2 is 1.93 bits per heavy atom. The van der Waals surface area contributed by atoms with E-state index >= 15 is 0 Å². The average molecular weight is 596 g/mol. The number of ether oxygens (including phenoxy) is 1. The molecular formula is C29H24F3N5O2S2. The topological polar surface area (TPSA) is 91.1 Å². The van der Waals surface area contributed by atoms with E-state index < -0.39 is 17.3 Å². The molecular weight excluding hydrogens is 571 g/mol. The first kappa shape index (κ1) is 28.4. The number of nitrogens with one attached hydrogen (secondary N) is 1. The van der Waals surface area contributed by atoms with E-state index in [0.29, 0.717) is 40.4 Å². The van der Waals surface area contributed by atoms with E-state index in [0.717, 1.165) is 36.4 Å². The minimum atomic E-state index is -4.70. The normalized spacial score (nSPS) is 14.0. The number of rotatable bonds is 7. The van der Waals surface area contributed by atoms with Gasteiger partial charge in [0.05, 0.1) is 22.9 Å². The summed E-state index contributed by atoms with van der Waals surface area (Å²) in [6, 6.07) is 16.1. The second-order valence-electron chi connectivity index (χ2n) is 9.31. The number of nitriles is 1. The van der Waals surface area contributed by atoms with Crippen LogP contribution in [0.2, 0.25) is 0 Å². The standard InChI is InChI=1S/C29H24F3N5O2S2/c1-18(38)37-12-10-19(11-13-37)23-17-40-28(35-23)36-27-24(39-21-7-3-2-4-8-21)14-22(16-34-27)41-25-9-5-6-20(15-33)26(25)29(30,31)32/h2-9,14,16-17,19H,10-13H2,1H3,(H,34,35,36). The van der Waals surface area contributed by atoms with Crippen molar-refractivity contribution in [1.82, 2.24) is 14.9 Å². The van der Waals surface area contributed by atoms with Crippen molar-refractivity contribution >= 4 is 40.0 Å². The number of carbonyl (C=O) groups excluding carboxylic acids is 1. The molecule has 4 aromatic rings. The zero-order chi connectivity index (χ0) is 29.0. The number of likely N-dealkylation sites (tertiary alicyclic amines) is 1. The predicted molar refractivity (Wildman–Crippen MR) is 151 cm³/mol. The molecule has 0 atom stereocenters. The third kappa shape index (κ3) is 6.81. The highest BCUT2D eigenvalue weighted by Gasteiger charge is 2.36. The van der Waals surface area contributed by atoms with E-state index in [1.54, 1.807) is 31.2 Å². The lowest BCUT2D eigenvalue weighted by atomic mass is 9.94. The van der Waals surface area contributed by atoms with Crippen LogP contribution in [0.4, 0.5) is 24.1 Å². The molecule has 41 heavy (non-hydrogen) atoms. The molecule has 1 amide bonds. The lowest BCUT2D eigenvalue weighted by molar-refractivity contribution is -0.140. The van der Waals surface area contributed by atoms with Crippen molar-refractivity contribution in [2.45, 2.75) is 41.7 Å². The number of nitrogens with zero attached hydrogens (tertiary/aromatic N) is 4. The van der Waals surface area contributed by atoms with Crippen LogP contribution in [0, 0.1) is 11.3 Å². The Kier molecular flexibility index (Phi) is 8.46. The summed E-state index contributed by atoms with van der Waals surface area (Å²) in [5.41, 5.74) is -0.485. The molecule has 0 saturated carbocycles. The molecule has 7 nitrogen and oxygen atoms in total. The number of amides is 1. The van der Waals surface area contributed by atoms with E-state index in [1.165, 1.54) is 29.7 Å². The summed E-state index contributed by atoms with van der Waals surface area (Å²) < 4.78 is 47.6. The molecule has 0 bridgehead atoms. The number of halogens is 3. The Morgan fingerprint density at radius 3 is 2.61 bits per heavy atom. The smallest absolute Gasteiger partial charge is 0.418 e. The van der Waals surface area contributed by atoms with Gasteiger partial charge in [0.15, 0.2) is 16.7 Å². The number of carbonyl (C=O) groups is 1. The molecule has 210 valence electrons. The van der Waals surface area contributed by atoms with Crippen molar-refractivity contribution in [2.24, 2.45) is 0 Å². The molecule has 0 aliphatic carbocycles. The average Bonchev–Trinajstić information content (AvgIpc) is 3.43. The quantitative estimate of drug-likeness (QED) is 0.233. The maximum absolute atomic E-state index is 13.8. The van der Waals surface area contributed by atoms with Crippen LogP contribution < -0.4 is 10.1 Å². The molecule has 2 aromatic heterocycles. The van der Waals surface area contributed by atoms with Gasteiger partial charge in [-0.2, -0.15) is 18.4 Å². The van der Waals surface area contributed by atoms with E-state index in [9.17, 15) is 23.2 Å². The van der Waals surface area contributed by atoms with E-state index in [-0.39, 0.29) is 16.7 Å². The van der Waals surface area contributed by atoms with Gasteiger partial charge in [-0.25, -0.2) is 9.97 Å². The zero-order valence-corrected chi connectivity index (χ0v) is 23.4. The van der Waals surface area contributed by atoms with Gasteiger partial charge in [0.25, 0.3) is 0 Å². The van der Waals surface area contributed by atoms with Gasteiger partial charge in [-0.3, -0.25) is 4.79 Å². The van der Waals surface area contributed by atoms with Gasteiger partial charge in [-0.05, 0) is 37.1 Å². The van der Waals surface area contributed by atoms with Crippen molar-refractivity contribution in [3.63, 3.8) is 0 Å². The van der Waals surface area contributed by atoms with E-state index in [2.05, 4.69) is 10.3 Å². The number of hydrogen-bond donors (Lipinski definition) is 1. The highest BCUT2D eigenvalue weighted by atomic mass is 32.2. The molecule has 1 fully saturated rings. The first-order valence-corrected chi connectivity index (χ1v) is 14.4. The molecule has 0 unspecified atom stereocenters. The minimum Gasteiger partial charge on any atom is -0.453 e.